The number of nitrogens with zero attached hydrogens (tertiary/aromatic N) is 2. The number of aryl methyl sites for hydroxylation is 1. The van der Waals surface area contributed by atoms with Gasteiger partial charge in [-0.1, -0.05) is 6.92 Å². The molecule has 1 heterocycles. The highest BCUT2D eigenvalue weighted by Gasteiger charge is 2.18. The third-order valence-electron chi connectivity index (χ3n) is 3.17. The van der Waals surface area contributed by atoms with E-state index in [4.69, 9.17) is 4.74 Å². The maximum Gasteiger partial charge on any atom is 0.407 e. The summed E-state index contributed by atoms with van der Waals surface area (Å²) < 4.78 is 7.09. The Labute approximate surface area is 127 Å². The first-order valence-corrected chi connectivity index (χ1v) is 7.43. The fraction of sp³-hybridized carbons (Fsp3) is 0.733. The zero-order chi connectivity index (χ0) is 16.0. The monoisotopic (exact) mass is 296 g/mol. The standard InChI is InChI=1S/C15H28N4O2/c1-7-12(10-16-14(20)21-15(3,4)5)18-11(2)13-8-9-17-19(13)6/h8-9,11-12,18H,7,10H2,1-6H3,(H,16,20). The molecule has 0 fully saturated rings. The van der Waals surface area contributed by atoms with Gasteiger partial charge in [0.2, 0.25) is 0 Å². The first-order chi connectivity index (χ1) is 9.73. The fourth-order valence-electron chi connectivity index (χ4n) is 2.09. The molecule has 2 unspecified atom stereocenters. The van der Waals surface area contributed by atoms with Gasteiger partial charge in [0.1, 0.15) is 5.60 Å². The number of nitrogens with one attached hydrogen (secondary N) is 2. The molecule has 0 aliphatic heterocycles. The summed E-state index contributed by atoms with van der Waals surface area (Å²) in [6.07, 6.45) is 2.32. The van der Waals surface area contributed by atoms with Crippen molar-refractivity contribution < 1.29 is 9.53 Å². The molecular formula is C15H28N4O2. The number of amides is 1. The zero-order valence-corrected chi connectivity index (χ0v) is 13.9. The van der Waals surface area contributed by atoms with E-state index >= 15 is 0 Å². The van der Waals surface area contributed by atoms with Crippen molar-refractivity contribution in [3.05, 3.63) is 18.0 Å². The highest BCUT2D eigenvalue weighted by molar-refractivity contribution is 5.67. The molecule has 6 nitrogen and oxygen atoms in total. The highest BCUT2D eigenvalue weighted by Crippen LogP contribution is 2.12. The molecule has 1 aromatic heterocycles. The van der Waals surface area contributed by atoms with Gasteiger partial charge >= 0.3 is 6.09 Å². The molecule has 21 heavy (non-hydrogen) atoms. The van der Waals surface area contributed by atoms with Crippen LogP contribution in [0.1, 0.15) is 52.8 Å². The lowest BCUT2D eigenvalue weighted by molar-refractivity contribution is 0.0521. The maximum atomic E-state index is 11.7. The van der Waals surface area contributed by atoms with E-state index in [-0.39, 0.29) is 18.2 Å². The van der Waals surface area contributed by atoms with Gasteiger partial charge in [-0.05, 0) is 40.2 Å². The minimum Gasteiger partial charge on any atom is -0.444 e. The van der Waals surface area contributed by atoms with E-state index in [9.17, 15) is 4.79 Å². The normalized spacial score (nSPS) is 14.6. The lowest BCUT2D eigenvalue weighted by Gasteiger charge is -2.24. The molecular weight excluding hydrogens is 268 g/mol. The van der Waals surface area contributed by atoms with E-state index in [1.54, 1.807) is 6.20 Å². The topological polar surface area (TPSA) is 68.2 Å². The van der Waals surface area contributed by atoms with Crippen molar-refractivity contribution in [1.29, 1.82) is 0 Å². The Morgan fingerprint density at radius 1 is 1.48 bits per heavy atom. The van der Waals surface area contributed by atoms with Crippen LogP contribution in [-0.4, -0.2) is 34.1 Å². The van der Waals surface area contributed by atoms with E-state index in [0.29, 0.717) is 6.54 Å². The lowest BCUT2D eigenvalue weighted by Crippen LogP contribution is -2.43. The second-order valence-electron chi connectivity index (χ2n) is 6.26. The lowest BCUT2D eigenvalue weighted by atomic mass is 10.1. The van der Waals surface area contributed by atoms with Crippen LogP contribution in [0.3, 0.4) is 0 Å². The summed E-state index contributed by atoms with van der Waals surface area (Å²) in [6, 6.07) is 2.34. The summed E-state index contributed by atoms with van der Waals surface area (Å²) in [7, 11) is 1.92. The van der Waals surface area contributed by atoms with Gasteiger partial charge in [0.05, 0.1) is 5.69 Å². The van der Waals surface area contributed by atoms with Crippen LogP contribution in [0.4, 0.5) is 4.79 Å². The molecule has 0 radical (unpaired) electrons. The van der Waals surface area contributed by atoms with E-state index in [1.165, 1.54) is 0 Å². The Hall–Kier alpha value is -1.56. The van der Waals surface area contributed by atoms with E-state index in [0.717, 1.165) is 12.1 Å². The average molecular weight is 296 g/mol. The summed E-state index contributed by atoms with van der Waals surface area (Å²) in [6.45, 7) is 10.3. The predicted molar refractivity (Wildman–Crippen MR) is 83.1 cm³/mol. The number of alkyl carbamates (subject to hydrolysis) is 1. The smallest absolute Gasteiger partial charge is 0.407 e. The van der Waals surface area contributed by atoms with Crippen LogP contribution in [0.2, 0.25) is 0 Å². The Morgan fingerprint density at radius 2 is 2.14 bits per heavy atom. The number of aromatic nitrogens is 2. The number of carbonyl (C=O) groups is 1. The minimum absolute atomic E-state index is 0.169. The van der Waals surface area contributed by atoms with E-state index in [1.807, 2.05) is 38.6 Å². The van der Waals surface area contributed by atoms with Crippen LogP contribution in [0, 0.1) is 0 Å². The number of hydrogen-bond donors (Lipinski definition) is 2. The molecule has 0 aromatic carbocycles. The summed E-state index contributed by atoms with van der Waals surface area (Å²) in [5.41, 5.74) is 0.645. The van der Waals surface area contributed by atoms with Crippen LogP contribution < -0.4 is 10.6 Å². The van der Waals surface area contributed by atoms with Gasteiger partial charge in [-0.3, -0.25) is 4.68 Å². The van der Waals surface area contributed by atoms with Crippen LogP contribution in [-0.2, 0) is 11.8 Å². The minimum atomic E-state index is -0.471. The quantitative estimate of drug-likeness (QED) is 0.845. The van der Waals surface area contributed by atoms with Gasteiger partial charge in [0.15, 0.2) is 0 Å². The second-order valence-corrected chi connectivity index (χ2v) is 6.26. The summed E-state index contributed by atoms with van der Waals surface area (Å²) >= 11 is 0. The largest absolute Gasteiger partial charge is 0.444 e. The molecule has 1 aromatic rings. The van der Waals surface area contributed by atoms with E-state index in [2.05, 4.69) is 29.6 Å². The molecule has 120 valence electrons. The van der Waals surface area contributed by atoms with Gasteiger partial charge < -0.3 is 15.4 Å². The molecule has 2 atom stereocenters. The molecule has 1 rings (SSSR count). The number of rotatable bonds is 6. The van der Waals surface area contributed by atoms with Gasteiger partial charge in [0, 0.05) is 31.9 Å². The molecule has 2 N–H and O–H groups in total. The third kappa shape index (κ3) is 6.16. The Kier molecular flexibility index (Phi) is 6.20. The maximum absolute atomic E-state index is 11.7. The third-order valence-corrected chi connectivity index (χ3v) is 3.17. The van der Waals surface area contributed by atoms with Gasteiger partial charge in [-0.15, -0.1) is 0 Å². The van der Waals surface area contributed by atoms with Crippen molar-refractivity contribution in [3.63, 3.8) is 0 Å². The molecule has 0 bridgehead atoms. The summed E-state index contributed by atoms with van der Waals surface area (Å²) in [5, 5.41) is 10.5. The molecule has 0 saturated heterocycles. The van der Waals surface area contributed by atoms with Crippen LogP contribution in [0.5, 0.6) is 0 Å². The van der Waals surface area contributed by atoms with Crippen LogP contribution >= 0.6 is 0 Å². The summed E-state index contributed by atoms with van der Waals surface area (Å²) in [5.74, 6) is 0. The zero-order valence-electron chi connectivity index (χ0n) is 13.9. The van der Waals surface area contributed by atoms with Gasteiger partial charge in [-0.2, -0.15) is 5.10 Å². The van der Waals surface area contributed by atoms with Gasteiger partial charge in [-0.25, -0.2) is 4.79 Å². The Balaban J connectivity index is 2.45. The molecule has 0 spiro atoms. The van der Waals surface area contributed by atoms with Gasteiger partial charge in [0.25, 0.3) is 0 Å². The van der Waals surface area contributed by atoms with Crippen molar-refractivity contribution in [3.8, 4) is 0 Å². The summed E-state index contributed by atoms with van der Waals surface area (Å²) in [4.78, 5) is 11.7. The number of carbonyl (C=O) groups excluding carboxylic acids is 1. The van der Waals surface area contributed by atoms with Crippen molar-refractivity contribution >= 4 is 6.09 Å². The average Bonchev–Trinajstić information content (AvgIpc) is 2.78. The molecule has 0 aliphatic carbocycles. The second kappa shape index (κ2) is 7.45. The molecule has 6 heteroatoms. The first kappa shape index (κ1) is 17.5. The molecule has 0 aliphatic rings. The van der Waals surface area contributed by atoms with Crippen LogP contribution in [0.25, 0.3) is 0 Å². The molecule has 0 saturated carbocycles. The Bertz CT molecular complexity index is 451. The van der Waals surface area contributed by atoms with Crippen molar-refractivity contribution in [2.24, 2.45) is 7.05 Å². The van der Waals surface area contributed by atoms with Crippen LogP contribution in [0.15, 0.2) is 12.3 Å². The fourth-order valence-corrected chi connectivity index (χ4v) is 2.09. The van der Waals surface area contributed by atoms with Crippen molar-refractivity contribution in [2.75, 3.05) is 6.54 Å². The van der Waals surface area contributed by atoms with Crippen molar-refractivity contribution in [1.82, 2.24) is 20.4 Å². The first-order valence-electron chi connectivity index (χ1n) is 7.43. The number of hydrogen-bond acceptors (Lipinski definition) is 4. The highest BCUT2D eigenvalue weighted by atomic mass is 16.6. The predicted octanol–water partition coefficient (Wildman–Crippen LogP) is 2.37. The molecule has 1 amide bonds. The number of ether oxygens (including phenoxy) is 1. The van der Waals surface area contributed by atoms with Crippen molar-refractivity contribution in [2.45, 2.75) is 58.7 Å². The van der Waals surface area contributed by atoms with E-state index < -0.39 is 5.60 Å². The SMILES string of the molecule is CCC(CNC(=O)OC(C)(C)C)NC(C)c1ccnn1C. The Morgan fingerprint density at radius 3 is 2.62 bits per heavy atom.